The molecule has 0 spiro atoms. The first-order chi connectivity index (χ1) is 8.54. The molecule has 2 rings (SSSR count). The largest absolute Gasteiger partial charge is 0.442 e. The number of halogens is 1. The van der Waals surface area contributed by atoms with Crippen molar-refractivity contribution in [3.63, 3.8) is 0 Å². The van der Waals surface area contributed by atoms with Crippen molar-refractivity contribution in [1.29, 1.82) is 0 Å². The first-order valence-corrected chi connectivity index (χ1v) is 5.67. The molecule has 1 N–H and O–H groups in total. The summed E-state index contributed by atoms with van der Waals surface area (Å²) in [6.45, 7) is 7.45. The van der Waals surface area contributed by atoms with E-state index in [0.29, 0.717) is 11.7 Å². The molecular weight excluding hydrogens is 231 g/mol. The topological polar surface area (TPSA) is 41.8 Å². The fourth-order valence-corrected chi connectivity index (χ4v) is 1.62. The molecule has 0 aliphatic rings. The fraction of sp³-hybridized carbons (Fsp3) is 0.214. The molecular formula is C14H15FN2O. The Bertz CT molecular complexity index is 592. The third kappa shape index (κ3) is 2.97. The minimum absolute atomic E-state index is 0.201. The van der Waals surface area contributed by atoms with Gasteiger partial charge in [0.05, 0.1) is 6.20 Å². The van der Waals surface area contributed by atoms with Gasteiger partial charge in [-0.25, -0.2) is 9.37 Å². The number of nitrogens with zero attached hydrogens (tertiary/aromatic N) is 1. The molecule has 94 valence electrons. The van der Waals surface area contributed by atoms with Crippen molar-refractivity contribution in [2.45, 2.75) is 20.3 Å². The lowest BCUT2D eigenvalue weighted by Gasteiger charge is -1.96. The second-order valence-corrected chi connectivity index (χ2v) is 4.23. The number of hydrogen-bond acceptors (Lipinski definition) is 2. The molecule has 0 aliphatic carbocycles. The van der Waals surface area contributed by atoms with Crippen LogP contribution in [0, 0.1) is 6.92 Å². The van der Waals surface area contributed by atoms with Gasteiger partial charge in [0.25, 0.3) is 0 Å². The van der Waals surface area contributed by atoms with Crippen molar-refractivity contribution >= 4 is 11.6 Å². The predicted molar refractivity (Wildman–Crippen MR) is 69.5 cm³/mol. The maximum absolute atomic E-state index is 13.7. The van der Waals surface area contributed by atoms with Crippen LogP contribution in [0.25, 0.3) is 11.6 Å². The van der Waals surface area contributed by atoms with Gasteiger partial charge in [0, 0.05) is 30.8 Å². The molecule has 0 aromatic carbocycles. The van der Waals surface area contributed by atoms with E-state index < -0.39 is 0 Å². The average Bonchev–Trinajstić information content (AvgIpc) is 2.88. The Kier molecular flexibility index (Phi) is 3.46. The minimum atomic E-state index is -0.277. The summed E-state index contributed by atoms with van der Waals surface area (Å²) in [6, 6.07) is 3.74. The molecule has 2 heterocycles. The number of aromatic amines is 1. The van der Waals surface area contributed by atoms with E-state index >= 15 is 0 Å². The summed E-state index contributed by atoms with van der Waals surface area (Å²) in [6.07, 6.45) is 3.05. The highest BCUT2D eigenvalue weighted by Gasteiger charge is 2.04. The van der Waals surface area contributed by atoms with Crippen molar-refractivity contribution in [2.24, 2.45) is 0 Å². The lowest BCUT2D eigenvalue weighted by Crippen LogP contribution is -1.87. The zero-order valence-electron chi connectivity index (χ0n) is 10.5. The van der Waals surface area contributed by atoms with Crippen LogP contribution < -0.4 is 0 Å². The predicted octanol–water partition coefficient (Wildman–Crippen LogP) is 3.90. The molecule has 0 atom stereocenters. The third-order valence-corrected chi connectivity index (χ3v) is 2.50. The molecule has 2 aromatic rings. The third-order valence-electron chi connectivity index (χ3n) is 2.50. The van der Waals surface area contributed by atoms with Crippen LogP contribution in [-0.4, -0.2) is 9.97 Å². The zero-order chi connectivity index (χ0) is 13.1. The lowest BCUT2D eigenvalue weighted by molar-refractivity contribution is 0.509. The second-order valence-electron chi connectivity index (χ2n) is 4.23. The van der Waals surface area contributed by atoms with Gasteiger partial charge in [0.1, 0.15) is 11.6 Å². The van der Waals surface area contributed by atoms with Gasteiger partial charge in [0.15, 0.2) is 5.89 Å². The van der Waals surface area contributed by atoms with E-state index in [1.165, 1.54) is 12.3 Å². The monoisotopic (exact) mass is 246 g/mol. The molecule has 0 fully saturated rings. The van der Waals surface area contributed by atoms with Crippen LogP contribution in [0.4, 0.5) is 4.39 Å². The van der Waals surface area contributed by atoms with Crippen LogP contribution in [-0.2, 0) is 6.42 Å². The Labute approximate surface area is 105 Å². The number of aromatic nitrogens is 2. The number of oxazole rings is 1. The summed E-state index contributed by atoms with van der Waals surface area (Å²) in [4.78, 5) is 7.01. The van der Waals surface area contributed by atoms with Crippen molar-refractivity contribution in [2.75, 3.05) is 0 Å². The number of nitrogens with one attached hydrogen (secondary N) is 1. The van der Waals surface area contributed by atoms with E-state index in [4.69, 9.17) is 4.42 Å². The highest BCUT2D eigenvalue weighted by atomic mass is 19.1. The second kappa shape index (κ2) is 5.04. The maximum Gasteiger partial charge on any atom is 0.191 e. The van der Waals surface area contributed by atoms with E-state index in [-0.39, 0.29) is 12.2 Å². The molecule has 0 unspecified atom stereocenters. The highest BCUT2D eigenvalue weighted by Crippen LogP contribution is 2.16. The molecule has 0 amide bonds. The molecule has 0 bridgehead atoms. The van der Waals surface area contributed by atoms with Crippen molar-refractivity contribution < 1.29 is 8.81 Å². The summed E-state index contributed by atoms with van der Waals surface area (Å²) in [5.74, 6) is 0.677. The Morgan fingerprint density at radius 1 is 1.56 bits per heavy atom. The number of H-pyrrole nitrogens is 1. The molecule has 18 heavy (non-hydrogen) atoms. The quantitative estimate of drug-likeness (QED) is 0.889. The van der Waals surface area contributed by atoms with E-state index in [2.05, 4.69) is 16.5 Å². The molecule has 0 saturated heterocycles. The maximum atomic E-state index is 13.7. The normalized spacial score (nSPS) is 11.8. The van der Waals surface area contributed by atoms with Crippen molar-refractivity contribution in [1.82, 2.24) is 9.97 Å². The van der Waals surface area contributed by atoms with Crippen LogP contribution in [0.1, 0.15) is 30.0 Å². The Morgan fingerprint density at radius 3 is 2.89 bits per heavy atom. The van der Waals surface area contributed by atoms with E-state index in [1.807, 2.05) is 19.1 Å². The zero-order valence-corrected chi connectivity index (χ0v) is 10.5. The van der Waals surface area contributed by atoms with Crippen LogP contribution in [0.2, 0.25) is 0 Å². The Balaban J connectivity index is 2.08. The summed E-state index contributed by atoms with van der Waals surface area (Å²) < 4.78 is 18.9. The van der Waals surface area contributed by atoms with E-state index in [1.54, 1.807) is 6.92 Å². The summed E-state index contributed by atoms with van der Waals surface area (Å²) >= 11 is 0. The van der Waals surface area contributed by atoms with Gasteiger partial charge in [-0.3, -0.25) is 0 Å². The average molecular weight is 246 g/mol. The molecule has 2 aromatic heterocycles. The number of aryl methyl sites for hydroxylation is 1. The lowest BCUT2D eigenvalue weighted by atomic mass is 10.2. The molecule has 3 nitrogen and oxygen atoms in total. The minimum Gasteiger partial charge on any atom is -0.442 e. The van der Waals surface area contributed by atoms with Crippen molar-refractivity contribution in [3.8, 4) is 0 Å². The number of rotatable bonds is 4. The van der Waals surface area contributed by atoms with Crippen LogP contribution in [0.15, 0.2) is 35.2 Å². The van der Waals surface area contributed by atoms with Gasteiger partial charge < -0.3 is 9.40 Å². The molecule has 0 saturated carbocycles. The van der Waals surface area contributed by atoms with Crippen LogP contribution in [0.3, 0.4) is 0 Å². The van der Waals surface area contributed by atoms with Crippen LogP contribution in [0.5, 0.6) is 0 Å². The molecule has 4 heteroatoms. The molecule has 0 aliphatic heterocycles. The standard InChI is InChI=1S/C14H15FN2O/c1-9(2)14-5-4-12(17-14)6-11(15)7-13-8-16-10(3)18-13/h4-5,7-8,17H,1,6H2,2-3H3/b11-7-. The number of hydrogen-bond donors (Lipinski definition) is 1. The fourth-order valence-electron chi connectivity index (χ4n) is 1.62. The van der Waals surface area contributed by atoms with Gasteiger partial charge in [0.2, 0.25) is 0 Å². The summed E-state index contributed by atoms with van der Waals surface area (Å²) in [5.41, 5.74) is 2.66. The van der Waals surface area contributed by atoms with Crippen molar-refractivity contribution in [3.05, 3.63) is 53.8 Å². The summed E-state index contributed by atoms with van der Waals surface area (Å²) in [7, 11) is 0. The van der Waals surface area contributed by atoms with E-state index in [9.17, 15) is 4.39 Å². The smallest absolute Gasteiger partial charge is 0.191 e. The molecule has 0 radical (unpaired) electrons. The Hall–Kier alpha value is -2.10. The first kappa shape index (κ1) is 12.4. The summed E-state index contributed by atoms with van der Waals surface area (Å²) in [5, 5.41) is 0. The van der Waals surface area contributed by atoms with Gasteiger partial charge in [-0.05, 0) is 24.6 Å². The van der Waals surface area contributed by atoms with Gasteiger partial charge in [-0.2, -0.15) is 0 Å². The Morgan fingerprint density at radius 2 is 2.33 bits per heavy atom. The first-order valence-electron chi connectivity index (χ1n) is 5.67. The van der Waals surface area contributed by atoms with Gasteiger partial charge in [-0.15, -0.1) is 0 Å². The SMILES string of the molecule is C=C(C)c1ccc(C/C(F)=C/c2cnc(C)o2)[nH]1. The number of allylic oxidation sites excluding steroid dienone is 2. The van der Waals surface area contributed by atoms with Gasteiger partial charge in [-0.1, -0.05) is 6.58 Å². The van der Waals surface area contributed by atoms with Gasteiger partial charge >= 0.3 is 0 Å². The highest BCUT2D eigenvalue weighted by molar-refractivity contribution is 5.58. The van der Waals surface area contributed by atoms with E-state index in [0.717, 1.165) is 17.0 Å². The van der Waals surface area contributed by atoms with Crippen LogP contribution >= 0.6 is 0 Å².